The molecule has 0 aliphatic rings. The van der Waals surface area contributed by atoms with E-state index in [1.807, 2.05) is 0 Å². The number of phenolic OH excluding ortho intramolecular Hbond substituents is 1. The number of aromatic nitrogens is 1. The zero-order valence-corrected chi connectivity index (χ0v) is 13.2. The number of H-pyrrole nitrogens is 1. The summed E-state index contributed by atoms with van der Waals surface area (Å²) in [5, 5.41) is 23.9. The van der Waals surface area contributed by atoms with Crippen LogP contribution in [-0.2, 0) is 9.53 Å². The maximum atomic E-state index is 11.4. The first-order valence-electron chi connectivity index (χ1n) is 7.71. The molecule has 1 aromatic carbocycles. The van der Waals surface area contributed by atoms with Crippen LogP contribution in [0.3, 0.4) is 0 Å². The van der Waals surface area contributed by atoms with Gasteiger partial charge in [-0.05, 0) is 37.1 Å². The topological polar surface area (TPSA) is 112 Å². The van der Waals surface area contributed by atoms with Crippen molar-refractivity contribution in [2.45, 2.75) is 18.9 Å². The average molecular weight is 333 g/mol. The van der Waals surface area contributed by atoms with E-state index in [-0.39, 0.29) is 11.3 Å². The third-order valence-electron chi connectivity index (χ3n) is 3.61. The summed E-state index contributed by atoms with van der Waals surface area (Å²) >= 11 is 0. The molecule has 0 bridgehead atoms. The fourth-order valence-electron chi connectivity index (χ4n) is 2.44. The van der Waals surface area contributed by atoms with Gasteiger partial charge in [0.15, 0.2) is 0 Å². The molecule has 0 aliphatic carbocycles. The predicted molar refractivity (Wildman–Crippen MR) is 89.6 cm³/mol. The Morgan fingerprint density at radius 1 is 1.29 bits per heavy atom. The number of unbranched alkanes of at least 4 members (excludes halogenated alkanes) is 1. The number of fused-ring (bicyclic) bond motifs is 1. The van der Waals surface area contributed by atoms with Gasteiger partial charge in [0.1, 0.15) is 5.75 Å². The highest BCUT2D eigenvalue weighted by molar-refractivity contribution is 5.87. The molecule has 1 aromatic heterocycles. The number of aliphatic hydroxyl groups excluding tert-OH is 1. The van der Waals surface area contributed by atoms with Crippen LogP contribution in [0.25, 0.3) is 10.9 Å². The number of hydrogen-bond donors (Lipinski definition) is 4. The van der Waals surface area contributed by atoms with E-state index in [9.17, 15) is 19.8 Å². The molecule has 1 heterocycles. The molecular formula is C17H21N2O5. The molecule has 24 heavy (non-hydrogen) atoms. The largest absolute Gasteiger partial charge is 0.506 e. The molecule has 4 N–H and O–H groups in total. The predicted octanol–water partition coefficient (Wildman–Crippen LogP) is 1.01. The normalized spacial score (nSPS) is 12.2. The van der Waals surface area contributed by atoms with Crippen molar-refractivity contribution < 1.29 is 19.7 Å². The zero-order valence-electron chi connectivity index (χ0n) is 13.2. The number of nitrogens with one attached hydrogen (secondary N) is 2. The third kappa shape index (κ3) is 4.81. The summed E-state index contributed by atoms with van der Waals surface area (Å²) in [6.45, 7) is 4.44. The van der Waals surface area contributed by atoms with Crippen molar-refractivity contribution in [3.63, 3.8) is 0 Å². The van der Waals surface area contributed by atoms with Crippen LogP contribution in [0, 0.1) is 6.92 Å². The summed E-state index contributed by atoms with van der Waals surface area (Å²) < 4.78 is 4.73. The van der Waals surface area contributed by atoms with E-state index >= 15 is 0 Å². The van der Waals surface area contributed by atoms with E-state index in [1.165, 1.54) is 12.1 Å². The van der Waals surface area contributed by atoms with Gasteiger partial charge in [-0.2, -0.15) is 0 Å². The number of benzene rings is 1. The SMILES string of the molecule is [CH2]C(=O)OCCCCNC[C@@H](O)c1ccc(O)c2[nH]c(=O)ccc12. The molecule has 1 atom stereocenters. The van der Waals surface area contributed by atoms with Crippen molar-refractivity contribution in [2.75, 3.05) is 19.7 Å². The molecule has 1 radical (unpaired) electrons. The summed E-state index contributed by atoms with van der Waals surface area (Å²) in [6.07, 6.45) is 0.730. The van der Waals surface area contributed by atoms with Crippen molar-refractivity contribution in [3.8, 4) is 5.75 Å². The van der Waals surface area contributed by atoms with Crippen LogP contribution in [0.1, 0.15) is 24.5 Å². The quantitative estimate of drug-likeness (QED) is 0.424. The number of pyridine rings is 1. The number of hydrogen-bond acceptors (Lipinski definition) is 6. The highest BCUT2D eigenvalue weighted by atomic mass is 16.5. The second-order valence-electron chi connectivity index (χ2n) is 5.43. The summed E-state index contributed by atoms with van der Waals surface area (Å²) in [5.74, 6) is -0.567. The average Bonchev–Trinajstić information content (AvgIpc) is 2.54. The van der Waals surface area contributed by atoms with Crippen LogP contribution in [0.5, 0.6) is 5.75 Å². The summed E-state index contributed by atoms with van der Waals surface area (Å²) in [7, 11) is 0. The minimum atomic E-state index is -0.781. The van der Waals surface area contributed by atoms with Gasteiger partial charge in [0.25, 0.3) is 0 Å². The van der Waals surface area contributed by atoms with E-state index < -0.39 is 12.1 Å². The number of ether oxygens (including phenoxy) is 1. The Hall–Kier alpha value is -2.38. The van der Waals surface area contributed by atoms with Crippen LogP contribution >= 0.6 is 0 Å². The van der Waals surface area contributed by atoms with Crippen molar-refractivity contribution >= 4 is 16.9 Å². The van der Waals surface area contributed by atoms with Crippen molar-refractivity contribution in [3.05, 3.63) is 47.1 Å². The van der Waals surface area contributed by atoms with Crippen LogP contribution in [0.2, 0.25) is 0 Å². The number of phenols is 1. The van der Waals surface area contributed by atoms with Gasteiger partial charge in [0.05, 0.1) is 25.2 Å². The number of aromatic amines is 1. The molecule has 129 valence electrons. The number of carbonyl (C=O) groups excluding carboxylic acids is 1. The van der Waals surface area contributed by atoms with Crippen LogP contribution in [0.15, 0.2) is 29.1 Å². The van der Waals surface area contributed by atoms with Gasteiger partial charge >= 0.3 is 5.97 Å². The maximum Gasteiger partial charge on any atom is 0.306 e. The monoisotopic (exact) mass is 333 g/mol. The molecular weight excluding hydrogens is 312 g/mol. The Balaban J connectivity index is 1.90. The molecule has 7 heteroatoms. The number of aliphatic hydroxyl groups is 1. The Bertz CT molecular complexity index is 756. The molecule has 2 aromatic rings. The van der Waals surface area contributed by atoms with Gasteiger partial charge in [-0.3, -0.25) is 9.59 Å². The van der Waals surface area contributed by atoms with Gasteiger partial charge in [-0.1, -0.05) is 6.07 Å². The van der Waals surface area contributed by atoms with Gasteiger partial charge in [0, 0.05) is 18.0 Å². The standard InChI is InChI=1S/C17H21N2O5/c1-11(20)24-9-3-2-8-18-10-15(22)12-4-6-14(21)17-13(12)5-7-16(23)19-17/h4-7,15,18,21-22H,1-3,8-10H2,(H,19,23)/t15-/m1/s1. The Morgan fingerprint density at radius 3 is 2.83 bits per heavy atom. The van der Waals surface area contributed by atoms with Crippen molar-refractivity contribution in [1.82, 2.24) is 10.3 Å². The molecule has 0 spiro atoms. The van der Waals surface area contributed by atoms with Crippen molar-refractivity contribution in [2.24, 2.45) is 0 Å². The van der Waals surface area contributed by atoms with E-state index in [4.69, 9.17) is 4.74 Å². The highest BCUT2D eigenvalue weighted by Gasteiger charge is 2.13. The lowest BCUT2D eigenvalue weighted by Crippen LogP contribution is -2.23. The number of rotatable bonds is 8. The molecule has 0 saturated heterocycles. The maximum absolute atomic E-state index is 11.4. The fraction of sp³-hybridized carbons (Fsp3) is 0.353. The highest BCUT2D eigenvalue weighted by Crippen LogP contribution is 2.28. The van der Waals surface area contributed by atoms with Gasteiger partial charge < -0.3 is 25.3 Å². The lowest BCUT2D eigenvalue weighted by molar-refractivity contribution is -0.138. The van der Waals surface area contributed by atoms with E-state index in [0.717, 1.165) is 6.42 Å². The molecule has 7 nitrogen and oxygen atoms in total. The third-order valence-corrected chi connectivity index (χ3v) is 3.61. The second-order valence-corrected chi connectivity index (χ2v) is 5.43. The smallest absolute Gasteiger partial charge is 0.306 e. The Morgan fingerprint density at radius 2 is 2.08 bits per heavy atom. The number of aromatic hydroxyl groups is 1. The minimum absolute atomic E-state index is 0.0356. The summed E-state index contributed by atoms with van der Waals surface area (Å²) in [4.78, 5) is 24.5. The molecule has 0 unspecified atom stereocenters. The first-order valence-corrected chi connectivity index (χ1v) is 7.71. The summed E-state index contributed by atoms with van der Waals surface area (Å²) in [5.41, 5.74) is 0.622. The van der Waals surface area contributed by atoms with Gasteiger partial charge in [-0.25, -0.2) is 0 Å². The van der Waals surface area contributed by atoms with E-state index in [2.05, 4.69) is 17.2 Å². The fourth-order valence-corrected chi connectivity index (χ4v) is 2.44. The van der Waals surface area contributed by atoms with Crippen LogP contribution < -0.4 is 10.9 Å². The van der Waals surface area contributed by atoms with E-state index in [0.29, 0.717) is 42.6 Å². The lowest BCUT2D eigenvalue weighted by atomic mass is 10.0. The molecule has 0 aliphatic heterocycles. The number of esters is 1. The molecule has 0 saturated carbocycles. The zero-order chi connectivity index (χ0) is 17.5. The second kappa shape index (κ2) is 8.47. The van der Waals surface area contributed by atoms with Crippen molar-refractivity contribution in [1.29, 1.82) is 0 Å². The van der Waals surface area contributed by atoms with Crippen LogP contribution in [0.4, 0.5) is 0 Å². The summed E-state index contributed by atoms with van der Waals surface area (Å²) in [6, 6.07) is 6.02. The lowest BCUT2D eigenvalue weighted by Gasteiger charge is -2.15. The first-order chi connectivity index (χ1) is 11.5. The van der Waals surface area contributed by atoms with Gasteiger partial charge in [-0.15, -0.1) is 0 Å². The molecule has 0 fully saturated rings. The van der Waals surface area contributed by atoms with E-state index in [1.54, 1.807) is 12.1 Å². The Kier molecular flexibility index (Phi) is 6.34. The minimum Gasteiger partial charge on any atom is -0.506 e. The Labute approximate surface area is 139 Å². The molecule has 2 rings (SSSR count). The molecule has 0 amide bonds. The van der Waals surface area contributed by atoms with Gasteiger partial charge in [0.2, 0.25) is 5.56 Å². The van der Waals surface area contributed by atoms with Crippen LogP contribution in [-0.4, -0.2) is 40.9 Å². The first kappa shape index (κ1) is 18.0. The number of carbonyl (C=O) groups is 1.